The maximum Gasteiger partial charge on any atom is 0.303 e. The summed E-state index contributed by atoms with van der Waals surface area (Å²) in [5, 5.41) is 11.0. The van der Waals surface area contributed by atoms with Crippen LogP contribution in [0, 0.1) is 12.3 Å². The number of ether oxygens (including phenoxy) is 6. The van der Waals surface area contributed by atoms with Gasteiger partial charge in [0.05, 0.1) is 0 Å². The standard InChI is InChI=1S/C41H58N4O10/c1-25(2)35-33(22-32-13-12-31(21-26(32)3)11-8-9-19-45-20-10-14-41(24-45)15-17-42-18-16-41)39(44-43-35)55-40-38(53-30(7)49)37(52-29(6)48)36(51-28(5)47)34(54-40)23-50-27(4)46/h8,11-13,21,25,34,36-38,40,42H,9-10,14-20,22-24H2,1-7H3,(H,43,44)/b11-8+/t34-,36-,37+,38-,40?/m1/s1/i4D,5D,6D,7D. The van der Waals surface area contributed by atoms with Gasteiger partial charge in [-0.2, -0.15) is 0 Å². The van der Waals surface area contributed by atoms with Crippen molar-refractivity contribution in [1.82, 2.24) is 20.4 Å². The molecule has 0 amide bonds. The Bertz CT molecular complexity index is 1770. The minimum Gasteiger partial charge on any atom is -0.463 e. The van der Waals surface area contributed by atoms with Gasteiger partial charge in [-0.05, 0) is 86.7 Å². The van der Waals surface area contributed by atoms with Crippen molar-refractivity contribution in [3.05, 3.63) is 52.2 Å². The monoisotopic (exact) mass is 770 g/mol. The zero-order chi connectivity index (χ0) is 42.5. The molecule has 0 radical (unpaired) electrons. The summed E-state index contributed by atoms with van der Waals surface area (Å²) in [5.74, 6) is -4.12. The van der Waals surface area contributed by atoms with E-state index >= 15 is 0 Å². The molecule has 3 aliphatic rings. The molecule has 2 N–H and O–H groups in total. The highest BCUT2D eigenvalue weighted by atomic mass is 16.7. The number of hydrogen-bond donors (Lipinski definition) is 2. The Balaban J connectivity index is 1.37. The first-order valence-electron chi connectivity index (χ1n) is 21.7. The fraction of sp³-hybridized carbons (Fsp3) is 0.634. The summed E-state index contributed by atoms with van der Waals surface area (Å²) in [6.45, 7) is 7.74. The Kier molecular flexibility index (Phi) is 12.6. The van der Waals surface area contributed by atoms with Gasteiger partial charge in [0.1, 0.15) is 12.7 Å². The number of hydrogen-bond acceptors (Lipinski definition) is 13. The molecule has 3 fully saturated rings. The summed E-state index contributed by atoms with van der Waals surface area (Å²) >= 11 is 0. The van der Waals surface area contributed by atoms with E-state index in [1.54, 1.807) is 0 Å². The fourth-order valence-corrected chi connectivity index (χ4v) is 7.91. The summed E-state index contributed by atoms with van der Waals surface area (Å²) in [6, 6.07) is 6.24. The van der Waals surface area contributed by atoms with Crippen LogP contribution in [0.4, 0.5) is 0 Å². The van der Waals surface area contributed by atoms with Crippen LogP contribution in [0.15, 0.2) is 24.3 Å². The third kappa shape index (κ3) is 11.4. The van der Waals surface area contributed by atoms with Gasteiger partial charge in [-0.3, -0.25) is 24.3 Å². The van der Waals surface area contributed by atoms with Crippen LogP contribution in [0.2, 0.25) is 0 Å². The number of nitrogens with one attached hydrogen (secondary N) is 2. The van der Waals surface area contributed by atoms with E-state index in [1.165, 1.54) is 32.2 Å². The lowest BCUT2D eigenvalue weighted by atomic mass is 9.73. The van der Waals surface area contributed by atoms with Crippen LogP contribution in [0.1, 0.15) is 113 Å². The number of aromatic amines is 1. The van der Waals surface area contributed by atoms with Gasteiger partial charge in [-0.15, -0.1) is 5.10 Å². The molecule has 5 atom stereocenters. The predicted octanol–water partition coefficient (Wildman–Crippen LogP) is 4.76. The number of aryl methyl sites for hydroxylation is 1. The van der Waals surface area contributed by atoms with Crippen LogP contribution >= 0.6 is 0 Å². The molecule has 5 rings (SSSR count). The van der Waals surface area contributed by atoms with Crippen molar-refractivity contribution in [3.63, 3.8) is 0 Å². The Morgan fingerprint density at radius 1 is 1.00 bits per heavy atom. The van der Waals surface area contributed by atoms with Crippen molar-refractivity contribution in [2.45, 2.75) is 124 Å². The zero-order valence-corrected chi connectivity index (χ0v) is 32.1. The number of nitrogens with zero attached hydrogens (tertiary/aromatic N) is 2. The number of benzene rings is 1. The second-order valence-electron chi connectivity index (χ2n) is 15.0. The van der Waals surface area contributed by atoms with Crippen LogP contribution in [0.25, 0.3) is 6.08 Å². The SMILES string of the molecule is [2H]CC(=O)OC[C@H]1OC(Oc2n[nH]c(C(C)C)c2Cc2ccc(/C=C/CCN3CCCC4(CCNCC4)C3)cc2C)[C@H](OC(=O)C[2H])[C@@H](OC(=O)C[2H])[C@@H]1OC(=O)C[2H]. The Morgan fingerprint density at radius 2 is 1.71 bits per heavy atom. The Labute approximate surface area is 329 Å². The van der Waals surface area contributed by atoms with E-state index in [9.17, 15) is 19.2 Å². The molecular formula is C41H58N4O10. The molecule has 0 bridgehead atoms. The summed E-state index contributed by atoms with van der Waals surface area (Å²) in [5.41, 5.74) is 4.98. The van der Waals surface area contributed by atoms with Crippen molar-refractivity contribution in [2.24, 2.45) is 5.41 Å². The van der Waals surface area contributed by atoms with E-state index in [-0.39, 0.29) is 11.8 Å². The van der Waals surface area contributed by atoms with Gasteiger partial charge in [-0.1, -0.05) is 44.2 Å². The van der Waals surface area contributed by atoms with Gasteiger partial charge < -0.3 is 38.6 Å². The molecular weight excluding hydrogens is 708 g/mol. The van der Waals surface area contributed by atoms with Crippen LogP contribution in [0.3, 0.4) is 0 Å². The van der Waals surface area contributed by atoms with Crippen molar-refractivity contribution >= 4 is 30.0 Å². The molecule has 55 heavy (non-hydrogen) atoms. The fourth-order valence-electron chi connectivity index (χ4n) is 7.91. The second kappa shape index (κ2) is 19.1. The van der Waals surface area contributed by atoms with Crippen molar-refractivity contribution in [3.8, 4) is 5.88 Å². The summed E-state index contributed by atoms with van der Waals surface area (Å²) < 4.78 is 64.0. The molecule has 302 valence electrons. The van der Waals surface area contributed by atoms with E-state index in [1.807, 2.05) is 20.8 Å². The molecule has 14 nitrogen and oxygen atoms in total. The molecule has 0 aliphatic carbocycles. The number of aromatic nitrogens is 2. The zero-order valence-electron chi connectivity index (χ0n) is 36.1. The van der Waals surface area contributed by atoms with Gasteiger partial charge >= 0.3 is 23.9 Å². The maximum atomic E-state index is 12.6. The van der Waals surface area contributed by atoms with Gasteiger partial charge in [0.2, 0.25) is 18.3 Å². The van der Waals surface area contributed by atoms with Crippen molar-refractivity contribution in [2.75, 3.05) is 39.3 Å². The lowest BCUT2D eigenvalue weighted by molar-refractivity contribution is -0.289. The van der Waals surface area contributed by atoms with E-state index < -0.39 is 88.8 Å². The van der Waals surface area contributed by atoms with Crippen molar-refractivity contribution < 1.29 is 53.1 Å². The highest BCUT2D eigenvalue weighted by Gasteiger charge is 2.53. The molecule has 1 unspecified atom stereocenters. The first-order valence-corrected chi connectivity index (χ1v) is 18.9. The molecule has 1 aromatic carbocycles. The molecule has 14 heteroatoms. The number of likely N-dealkylation sites (tertiary alicyclic amines) is 1. The molecule has 0 saturated carbocycles. The minimum atomic E-state index is -1.68. The molecule has 4 heterocycles. The van der Waals surface area contributed by atoms with Gasteiger partial charge in [0.15, 0.2) is 12.2 Å². The Morgan fingerprint density at radius 3 is 2.40 bits per heavy atom. The normalized spacial score (nSPS) is 25.1. The highest BCUT2D eigenvalue weighted by Crippen LogP contribution is 2.38. The number of esters is 4. The summed E-state index contributed by atoms with van der Waals surface area (Å²) in [7, 11) is 0. The number of carbonyl (C=O) groups excluding carboxylic acids is 4. The average molecular weight is 771 g/mol. The minimum absolute atomic E-state index is 0.0393. The summed E-state index contributed by atoms with van der Waals surface area (Å²) in [4.78, 5) is 52.2. The third-order valence-electron chi connectivity index (χ3n) is 10.5. The number of H-pyrrole nitrogens is 1. The van der Waals surface area contributed by atoms with Gasteiger partial charge in [-0.25, -0.2) is 0 Å². The van der Waals surface area contributed by atoms with E-state index in [4.69, 9.17) is 33.9 Å². The smallest absolute Gasteiger partial charge is 0.303 e. The predicted molar refractivity (Wildman–Crippen MR) is 203 cm³/mol. The van der Waals surface area contributed by atoms with Crippen LogP contribution in [-0.4, -0.2) is 109 Å². The lowest BCUT2D eigenvalue weighted by Gasteiger charge is -2.45. The largest absolute Gasteiger partial charge is 0.463 e. The summed E-state index contributed by atoms with van der Waals surface area (Å²) in [6.07, 6.45) is 2.83. The van der Waals surface area contributed by atoms with Gasteiger partial charge in [0.25, 0.3) is 0 Å². The number of piperidine rings is 2. The highest BCUT2D eigenvalue weighted by molar-refractivity contribution is 5.68. The van der Waals surface area contributed by atoms with E-state index in [0.29, 0.717) is 17.4 Å². The van der Waals surface area contributed by atoms with E-state index in [0.717, 1.165) is 55.0 Å². The lowest BCUT2D eigenvalue weighted by Crippen LogP contribution is -2.63. The van der Waals surface area contributed by atoms with E-state index in [2.05, 4.69) is 50.8 Å². The molecule has 2 aromatic rings. The maximum absolute atomic E-state index is 12.6. The van der Waals surface area contributed by atoms with Gasteiger partial charge in [0, 0.05) is 63.8 Å². The third-order valence-corrected chi connectivity index (χ3v) is 10.5. The molecule has 3 aliphatic heterocycles. The quantitative estimate of drug-likeness (QED) is 0.200. The van der Waals surface area contributed by atoms with Crippen LogP contribution in [0.5, 0.6) is 5.88 Å². The van der Waals surface area contributed by atoms with Crippen LogP contribution < -0.4 is 10.1 Å². The first kappa shape index (κ1) is 36.4. The second-order valence-corrected chi connectivity index (χ2v) is 15.0. The molecule has 1 aromatic heterocycles. The number of rotatable bonds is 14. The molecule has 1 spiro atoms. The first-order chi connectivity index (χ1) is 28.4. The number of carbonyl (C=O) groups is 4. The molecule has 3 saturated heterocycles. The Hall–Kier alpha value is -4.27. The topological polar surface area (TPSA) is 168 Å². The van der Waals surface area contributed by atoms with Crippen molar-refractivity contribution in [1.29, 1.82) is 0 Å². The average Bonchev–Trinajstić information content (AvgIpc) is 3.63. The van der Waals surface area contributed by atoms with Crippen LogP contribution in [-0.2, 0) is 49.3 Å².